The van der Waals surface area contributed by atoms with Gasteiger partial charge in [0.05, 0.1) is 6.33 Å². The van der Waals surface area contributed by atoms with E-state index in [4.69, 9.17) is 10.00 Å². The number of rotatable bonds is 10. The van der Waals surface area contributed by atoms with Crippen LogP contribution >= 0.6 is 0 Å². The number of hydrogen-bond donors (Lipinski definition) is 2. The van der Waals surface area contributed by atoms with Gasteiger partial charge in [-0.15, -0.1) is 0 Å². The summed E-state index contributed by atoms with van der Waals surface area (Å²) in [6.45, 7) is 1.50. The van der Waals surface area contributed by atoms with E-state index >= 15 is 0 Å². The van der Waals surface area contributed by atoms with E-state index in [-0.39, 0.29) is 12.3 Å². The lowest BCUT2D eigenvalue weighted by Crippen LogP contribution is -2.47. The van der Waals surface area contributed by atoms with Crippen molar-refractivity contribution < 1.29 is 14.3 Å². The minimum atomic E-state index is -0.980. The maximum Gasteiger partial charge on any atom is 0.330 e. The summed E-state index contributed by atoms with van der Waals surface area (Å²) in [6, 6.07) is 29.4. The smallest absolute Gasteiger partial charge is 0.330 e. The number of aromatic amines is 1. The van der Waals surface area contributed by atoms with Crippen molar-refractivity contribution in [1.29, 1.82) is 5.26 Å². The first-order valence-electron chi connectivity index (χ1n) is 13.3. The first-order chi connectivity index (χ1) is 19.5. The number of benzene rings is 4. The van der Waals surface area contributed by atoms with Gasteiger partial charge in [0.15, 0.2) is 6.10 Å². The van der Waals surface area contributed by atoms with Crippen LogP contribution in [0.5, 0.6) is 0 Å². The summed E-state index contributed by atoms with van der Waals surface area (Å²) in [4.78, 5) is 34.1. The normalized spacial score (nSPS) is 12.6. The molecule has 7 nitrogen and oxygen atoms in total. The maximum atomic E-state index is 14.0. The Morgan fingerprint density at radius 2 is 1.45 bits per heavy atom. The average molecular weight is 531 g/mol. The standard InChI is InChI=1S/C33H30N4O3/c1-22(19-34)40-33(39)31(18-28-20-35-21-36-28)37-32(38)27(16-25-12-6-10-23-8-2-4-14-29(23)25)17-26-13-7-11-24-9-3-5-15-30(24)26/h2-15,20-22,27,31H,16-18H2,1H3,(H,35,36)(H,37,38)/t22?,31-/m0/s1. The third-order valence-electron chi connectivity index (χ3n) is 7.12. The van der Waals surface area contributed by atoms with E-state index in [0.29, 0.717) is 18.5 Å². The van der Waals surface area contributed by atoms with Crippen LogP contribution in [0, 0.1) is 17.2 Å². The van der Waals surface area contributed by atoms with Gasteiger partial charge >= 0.3 is 5.97 Å². The third-order valence-corrected chi connectivity index (χ3v) is 7.12. The molecule has 40 heavy (non-hydrogen) atoms. The van der Waals surface area contributed by atoms with Gasteiger partial charge in [0.25, 0.3) is 0 Å². The van der Waals surface area contributed by atoms with E-state index in [0.717, 1.165) is 32.7 Å². The lowest BCUT2D eigenvalue weighted by molar-refractivity contribution is -0.150. The molecule has 7 heteroatoms. The number of carbonyl (C=O) groups excluding carboxylic acids is 2. The summed E-state index contributed by atoms with van der Waals surface area (Å²) >= 11 is 0. The average Bonchev–Trinajstić information content (AvgIpc) is 3.50. The summed E-state index contributed by atoms with van der Waals surface area (Å²) in [7, 11) is 0. The summed E-state index contributed by atoms with van der Waals surface area (Å²) in [5, 5.41) is 16.5. The minimum absolute atomic E-state index is 0.165. The first kappa shape index (κ1) is 26.6. The Kier molecular flexibility index (Phi) is 8.17. The van der Waals surface area contributed by atoms with E-state index in [1.54, 1.807) is 6.20 Å². The maximum absolute atomic E-state index is 14.0. The number of hydrogen-bond acceptors (Lipinski definition) is 5. The quantitative estimate of drug-likeness (QED) is 0.238. The summed E-state index contributed by atoms with van der Waals surface area (Å²) in [5.41, 5.74) is 2.79. The number of nitrogens with one attached hydrogen (secondary N) is 2. The zero-order chi connectivity index (χ0) is 27.9. The summed E-state index contributed by atoms with van der Waals surface area (Å²) < 4.78 is 5.29. The summed E-state index contributed by atoms with van der Waals surface area (Å²) in [6.07, 6.45) is 3.31. The van der Waals surface area contributed by atoms with Crippen LogP contribution in [-0.2, 0) is 33.6 Å². The number of aromatic nitrogens is 2. The number of esters is 1. The van der Waals surface area contributed by atoms with Crippen LogP contribution in [0.2, 0.25) is 0 Å². The highest BCUT2D eigenvalue weighted by atomic mass is 16.5. The third kappa shape index (κ3) is 6.19. The molecule has 1 heterocycles. The van der Waals surface area contributed by atoms with Crippen molar-refractivity contribution in [2.45, 2.75) is 38.3 Å². The molecule has 0 aliphatic rings. The molecule has 0 radical (unpaired) electrons. The van der Waals surface area contributed by atoms with Crippen molar-refractivity contribution in [1.82, 2.24) is 15.3 Å². The van der Waals surface area contributed by atoms with Gasteiger partial charge in [-0.2, -0.15) is 5.26 Å². The molecule has 4 aromatic carbocycles. The molecule has 0 aliphatic carbocycles. The van der Waals surface area contributed by atoms with Crippen molar-refractivity contribution in [3.05, 3.63) is 114 Å². The van der Waals surface area contributed by atoms with Crippen molar-refractivity contribution >= 4 is 33.4 Å². The fourth-order valence-corrected chi connectivity index (χ4v) is 5.11. The number of carbonyl (C=O) groups is 2. The molecule has 2 atom stereocenters. The van der Waals surface area contributed by atoms with Crippen molar-refractivity contribution in [3.63, 3.8) is 0 Å². The fraction of sp³-hybridized carbons (Fsp3) is 0.212. The highest BCUT2D eigenvalue weighted by molar-refractivity contribution is 5.90. The lowest BCUT2D eigenvalue weighted by Gasteiger charge is -2.23. The molecular weight excluding hydrogens is 500 g/mol. The largest absolute Gasteiger partial charge is 0.446 e. The molecule has 1 amide bonds. The Balaban J connectivity index is 1.48. The number of nitrogens with zero attached hydrogens (tertiary/aromatic N) is 2. The van der Waals surface area contributed by atoms with Crippen LogP contribution in [0.1, 0.15) is 23.7 Å². The molecule has 0 fully saturated rings. The molecule has 0 aliphatic heterocycles. The van der Waals surface area contributed by atoms with Crippen LogP contribution in [-0.4, -0.2) is 34.0 Å². The zero-order valence-corrected chi connectivity index (χ0v) is 22.2. The van der Waals surface area contributed by atoms with Gasteiger partial charge in [-0.3, -0.25) is 4.79 Å². The SMILES string of the molecule is CC(C#N)OC(=O)[C@H](Cc1cnc[nH]1)NC(=O)C(Cc1cccc2ccccc12)Cc1cccc2ccccc12. The lowest BCUT2D eigenvalue weighted by atomic mass is 9.87. The van der Waals surface area contributed by atoms with Gasteiger partial charge in [0.2, 0.25) is 5.91 Å². The van der Waals surface area contributed by atoms with Crippen LogP contribution in [0.4, 0.5) is 0 Å². The Labute approximate surface area is 232 Å². The Hall–Kier alpha value is -4.96. The molecule has 0 saturated heterocycles. The van der Waals surface area contributed by atoms with Crippen molar-refractivity contribution in [2.75, 3.05) is 0 Å². The predicted octanol–water partition coefficient (Wildman–Crippen LogP) is 5.30. The molecule has 0 bridgehead atoms. The molecule has 0 saturated carbocycles. The van der Waals surface area contributed by atoms with Crippen LogP contribution in [0.3, 0.4) is 0 Å². The molecule has 200 valence electrons. The molecule has 2 N–H and O–H groups in total. The van der Waals surface area contributed by atoms with E-state index in [1.165, 1.54) is 13.3 Å². The second-order valence-corrected chi connectivity index (χ2v) is 9.93. The Morgan fingerprint density at radius 3 is 2.00 bits per heavy atom. The number of amides is 1. The molecule has 1 unspecified atom stereocenters. The Bertz CT molecular complexity index is 1580. The van der Waals surface area contributed by atoms with E-state index in [2.05, 4.69) is 63.8 Å². The van der Waals surface area contributed by atoms with E-state index < -0.39 is 24.0 Å². The number of imidazole rings is 1. The second kappa shape index (κ2) is 12.3. The predicted molar refractivity (Wildman–Crippen MR) is 154 cm³/mol. The summed E-state index contributed by atoms with van der Waals surface area (Å²) in [5.74, 6) is -1.39. The highest BCUT2D eigenvalue weighted by Crippen LogP contribution is 2.26. The van der Waals surface area contributed by atoms with Gasteiger partial charge in [0, 0.05) is 24.2 Å². The molecule has 5 aromatic rings. The number of ether oxygens (including phenoxy) is 1. The van der Waals surface area contributed by atoms with Crippen LogP contribution < -0.4 is 5.32 Å². The van der Waals surface area contributed by atoms with Gasteiger partial charge in [-0.05, 0) is 52.4 Å². The monoisotopic (exact) mass is 530 g/mol. The number of H-pyrrole nitrogens is 1. The van der Waals surface area contributed by atoms with Gasteiger partial charge in [-0.1, -0.05) is 84.9 Å². The van der Waals surface area contributed by atoms with Gasteiger partial charge < -0.3 is 15.0 Å². The number of nitriles is 1. The van der Waals surface area contributed by atoms with Crippen LogP contribution in [0.15, 0.2) is 97.5 Å². The second-order valence-electron chi connectivity index (χ2n) is 9.93. The molecule has 0 spiro atoms. The van der Waals surface area contributed by atoms with E-state index in [9.17, 15) is 9.59 Å². The van der Waals surface area contributed by atoms with Gasteiger partial charge in [-0.25, -0.2) is 9.78 Å². The van der Waals surface area contributed by atoms with E-state index in [1.807, 2.05) is 42.5 Å². The van der Waals surface area contributed by atoms with Crippen molar-refractivity contribution in [2.24, 2.45) is 5.92 Å². The Morgan fingerprint density at radius 1 is 0.875 bits per heavy atom. The highest BCUT2D eigenvalue weighted by Gasteiger charge is 2.29. The van der Waals surface area contributed by atoms with Crippen LogP contribution in [0.25, 0.3) is 21.5 Å². The minimum Gasteiger partial charge on any atom is -0.446 e. The molecule has 5 rings (SSSR count). The first-order valence-corrected chi connectivity index (χ1v) is 13.3. The topological polar surface area (TPSA) is 108 Å². The van der Waals surface area contributed by atoms with Crippen molar-refractivity contribution in [3.8, 4) is 6.07 Å². The fourth-order valence-electron chi connectivity index (χ4n) is 5.11. The molecule has 1 aromatic heterocycles. The van der Waals surface area contributed by atoms with Gasteiger partial charge in [0.1, 0.15) is 12.1 Å². The number of fused-ring (bicyclic) bond motifs is 2. The zero-order valence-electron chi connectivity index (χ0n) is 22.2. The molecular formula is C33H30N4O3.